The molecule has 0 saturated heterocycles. The first-order valence-electron chi connectivity index (χ1n) is 8.93. The molecule has 3 aromatic rings. The Hall–Kier alpha value is -2.65. The first-order chi connectivity index (χ1) is 12.4. The van der Waals surface area contributed by atoms with Crippen molar-refractivity contribution in [2.45, 2.75) is 26.3 Å². The highest BCUT2D eigenvalue weighted by Crippen LogP contribution is 2.31. The maximum Gasteiger partial charge on any atom is 0.254 e. The normalized spacial score (nSPS) is 11.5. The van der Waals surface area contributed by atoms with E-state index in [4.69, 9.17) is 0 Å². The molecule has 3 rings (SSSR count). The summed E-state index contributed by atoms with van der Waals surface area (Å²) >= 11 is 0. The Balaban J connectivity index is 2.04. The van der Waals surface area contributed by atoms with Gasteiger partial charge in [-0.1, -0.05) is 54.6 Å². The van der Waals surface area contributed by atoms with E-state index < -0.39 is 5.54 Å². The minimum Gasteiger partial charge on any atom is -0.395 e. The lowest BCUT2D eigenvalue weighted by atomic mass is 9.89. The summed E-state index contributed by atoms with van der Waals surface area (Å²) in [5, 5.41) is 11.9. The predicted octanol–water partition coefficient (Wildman–Crippen LogP) is 4.52. The highest BCUT2D eigenvalue weighted by Gasteiger charge is 2.33. The van der Waals surface area contributed by atoms with Gasteiger partial charge in [0.25, 0.3) is 5.91 Å². The lowest BCUT2D eigenvalue weighted by molar-refractivity contribution is 0.0480. The van der Waals surface area contributed by atoms with Gasteiger partial charge >= 0.3 is 0 Å². The van der Waals surface area contributed by atoms with Crippen LogP contribution in [-0.4, -0.2) is 29.1 Å². The van der Waals surface area contributed by atoms with Crippen molar-refractivity contribution in [1.29, 1.82) is 0 Å². The van der Waals surface area contributed by atoms with Gasteiger partial charge in [-0.05, 0) is 54.8 Å². The van der Waals surface area contributed by atoms with E-state index in [0.29, 0.717) is 5.56 Å². The van der Waals surface area contributed by atoms with Crippen LogP contribution in [0.5, 0.6) is 0 Å². The molecule has 1 amide bonds. The molecule has 0 saturated carbocycles. The number of amides is 1. The molecule has 26 heavy (non-hydrogen) atoms. The largest absolute Gasteiger partial charge is 0.395 e. The Morgan fingerprint density at radius 2 is 1.62 bits per heavy atom. The summed E-state index contributed by atoms with van der Waals surface area (Å²) in [5.74, 6) is -0.0599. The topological polar surface area (TPSA) is 40.5 Å². The summed E-state index contributed by atoms with van der Waals surface area (Å²) in [6, 6.07) is 22.1. The van der Waals surface area contributed by atoms with Crippen molar-refractivity contribution in [3.05, 3.63) is 83.4 Å². The molecule has 0 spiro atoms. The number of benzene rings is 3. The zero-order valence-electron chi connectivity index (χ0n) is 15.6. The van der Waals surface area contributed by atoms with Crippen molar-refractivity contribution in [3.63, 3.8) is 0 Å². The molecule has 0 heterocycles. The van der Waals surface area contributed by atoms with Crippen molar-refractivity contribution >= 4 is 16.7 Å². The molecule has 0 aromatic heterocycles. The minimum absolute atomic E-state index is 0.0599. The van der Waals surface area contributed by atoms with Crippen LogP contribution in [0.15, 0.2) is 66.7 Å². The number of aryl methyl sites for hydroxylation is 1. The van der Waals surface area contributed by atoms with Crippen molar-refractivity contribution in [2.24, 2.45) is 0 Å². The molecular weight excluding hydrogens is 322 g/mol. The summed E-state index contributed by atoms with van der Waals surface area (Å²) in [4.78, 5) is 15.0. The van der Waals surface area contributed by atoms with Crippen molar-refractivity contribution in [2.75, 3.05) is 13.2 Å². The number of fused-ring (bicyclic) bond motifs is 1. The number of carbonyl (C=O) groups is 1. The Labute approximate surface area is 154 Å². The maximum atomic E-state index is 13.3. The van der Waals surface area contributed by atoms with Crippen LogP contribution in [0.3, 0.4) is 0 Å². The summed E-state index contributed by atoms with van der Waals surface area (Å²) < 4.78 is 0. The van der Waals surface area contributed by atoms with Crippen LogP contribution in [0.4, 0.5) is 0 Å². The molecule has 1 N–H and O–H groups in total. The second kappa shape index (κ2) is 7.30. The van der Waals surface area contributed by atoms with E-state index in [0.717, 1.165) is 16.5 Å². The molecule has 0 radical (unpaired) electrons. The second-order valence-corrected chi connectivity index (χ2v) is 7.12. The molecule has 134 valence electrons. The third kappa shape index (κ3) is 3.35. The SMILES string of the molecule is Cc1ccccc1C(=O)N(CCO)C(C)(C)c1ccc2ccccc2c1. The van der Waals surface area contributed by atoms with E-state index in [-0.39, 0.29) is 19.1 Å². The van der Waals surface area contributed by atoms with Gasteiger partial charge in [0.1, 0.15) is 0 Å². The van der Waals surface area contributed by atoms with Gasteiger partial charge in [0.05, 0.1) is 12.1 Å². The molecule has 3 heteroatoms. The van der Waals surface area contributed by atoms with Crippen LogP contribution >= 0.6 is 0 Å². The molecule has 0 aliphatic rings. The van der Waals surface area contributed by atoms with Crippen molar-refractivity contribution in [1.82, 2.24) is 4.90 Å². The number of hydrogen-bond donors (Lipinski definition) is 1. The lowest BCUT2D eigenvalue weighted by Gasteiger charge is -2.39. The Bertz CT molecular complexity index is 930. The molecule has 0 aliphatic carbocycles. The van der Waals surface area contributed by atoms with Crippen LogP contribution in [-0.2, 0) is 5.54 Å². The fourth-order valence-corrected chi connectivity index (χ4v) is 3.42. The van der Waals surface area contributed by atoms with E-state index in [1.165, 1.54) is 5.39 Å². The fourth-order valence-electron chi connectivity index (χ4n) is 3.42. The Morgan fingerprint density at radius 1 is 0.962 bits per heavy atom. The summed E-state index contributed by atoms with van der Waals surface area (Å²) in [6.07, 6.45) is 0. The van der Waals surface area contributed by atoms with E-state index in [9.17, 15) is 9.90 Å². The van der Waals surface area contributed by atoms with Crippen LogP contribution in [0.2, 0.25) is 0 Å². The number of aliphatic hydroxyl groups is 1. The zero-order chi connectivity index (χ0) is 18.7. The number of hydrogen-bond acceptors (Lipinski definition) is 2. The average Bonchev–Trinajstić information content (AvgIpc) is 2.65. The smallest absolute Gasteiger partial charge is 0.254 e. The molecule has 0 fully saturated rings. The molecule has 3 aromatic carbocycles. The van der Waals surface area contributed by atoms with E-state index in [1.807, 2.05) is 57.2 Å². The molecule has 0 aliphatic heterocycles. The first kappa shape index (κ1) is 18.2. The van der Waals surface area contributed by atoms with E-state index >= 15 is 0 Å². The molecular formula is C23H25NO2. The van der Waals surface area contributed by atoms with Crippen LogP contribution in [0, 0.1) is 6.92 Å². The number of rotatable bonds is 5. The van der Waals surface area contributed by atoms with E-state index in [1.54, 1.807) is 4.90 Å². The van der Waals surface area contributed by atoms with Gasteiger partial charge < -0.3 is 10.0 Å². The van der Waals surface area contributed by atoms with Gasteiger partial charge in [-0.15, -0.1) is 0 Å². The van der Waals surface area contributed by atoms with Gasteiger partial charge in [-0.2, -0.15) is 0 Å². The van der Waals surface area contributed by atoms with Crippen LogP contribution < -0.4 is 0 Å². The van der Waals surface area contributed by atoms with Gasteiger partial charge in [-0.25, -0.2) is 0 Å². The van der Waals surface area contributed by atoms with Crippen molar-refractivity contribution < 1.29 is 9.90 Å². The summed E-state index contributed by atoms with van der Waals surface area (Å²) in [5.41, 5.74) is 2.11. The monoisotopic (exact) mass is 347 g/mol. The third-order valence-corrected chi connectivity index (χ3v) is 5.07. The average molecular weight is 347 g/mol. The van der Waals surface area contributed by atoms with Gasteiger partial charge in [0.2, 0.25) is 0 Å². The zero-order valence-corrected chi connectivity index (χ0v) is 15.6. The third-order valence-electron chi connectivity index (χ3n) is 5.07. The van der Waals surface area contributed by atoms with Crippen LogP contribution in [0.25, 0.3) is 10.8 Å². The minimum atomic E-state index is -0.549. The molecule has 0 bridgehead atoms. The summed E-state index contributed by atoms with van der Waals surface area (Å²) in [7, 11) is 0. The van der Waals surface area contributed by atoms with Gasteiger partial charge in [0, 0.05) is 12.1 Å². The number of carbonyl (C=O) groups excluding carboxylic acids is 1. The number of aliphatic hydroxyl groups excluding tert-OH is 1. The van der Waals surface area contributed by atoms with Gasteiger partial charge in [-0.3, -0.25) is 4.79 Å². The van der Waals surface area contributed by atoms with Crippen LogP contribution in [0.1, 0.15) is 35.3 Å². The highest BCUT2D eigenvalue weighted by atomic mass is 16.3. The first-order valence-corrected chi connectivity index (χ1v) is 8.93. The fraction of sp³-hybridized carbons (Fsp3) is 0.261. The van der Waals surface area contributed by atoms with E-state index in [2.05, 4.69) is 30.3 Å². The van der Waals surface area contributed by atoms with Crippen molar-refractivity contribution in [3.8, 4) is 0 Å². The Morgan fingerprint density at radius 3 is 2.31 bits per heavy atom. The standard InChI is InChI=1S/C23H25NO2/c1-17-8-4-7-11-21(17)22(26)24(14-15-25)23(2,3)20-13-12-18-9-5-6-10-19(18)16-20/h4-13,16,25H,14-15H2,1-3H3. The summed E-state index contributed by atoms with van der Waals surface area (Å²) in [6.45, 7) is 6.21. The quantitative estimate of drug-likeness (QED) is 0.737. The Kier molecular flexibility index (Phi) is 5.10. The second-order valence-electron chi connectivity index (χ2n) is 7.12. The highest BCUT2D eigenvalue weighted by molar-refractivity contribution is 5.96. The predicted molar refractivity (Wildman–Crippen MR) is 106 cm³/mol. The number of nitrogens with zero attached hydrogens (tertiary/aromatic N) is 1. The lowest BCUT2D eigenvalue weighted by Crippen LogP contribution is -2.47. The van der Waals surface area contributed by atoms with Gasteiger partial charge in [0.15, 0.2) is 0 Å². The maximum absolute atomic E-state index is 13.3. The molecule has 0 unspecified atom stereocenters. The molecule has 3 nitrogen and oxygen atoms in total. The molecule has 0 atom stereocenters.